The average Bonchev–Trinajstić information content (AvgIpc) is 3.44. The maximum absolute atomic E-state index is 15.1. The molecule has 1 aliphatic carbocycles. The third-order valence-electron chi connectivity index (χ3n) is 6.17. The van der Waals surface area contributed by atoms with Crippen molar-refractivity contribution in [3.63, 3.8) is 0 Å². The average molecular weight is 471 g/mol. The molecule has 0 unspecified atom stereocenters. The lowest BCUT2D eigenvalue weighted by molar-refractivity contribution is 0.0948. The van der Waals surface area contributed by atoms with Crippen LogP contribution >= 0.6 is 0 Å². The largest absolute Gasteiger partial charge is 0.383 e. The Bertz CT molecular complexity index is 1280. The maximum atomic E-state index is 15.1. The van der Waals surface area contributed by atoms with Gasteiger partial charge < -0.3 is 16.8 Å². The topological polar surface area (TPSA) is 116 Å². The number of nitrogens with one attached hydrogen (secondary N) is 1. The number of anilines is 1. The second-order valence-electron chi connectivity index (χ2n) is 8.40. The first-order valence-corrected chi connectivity index (χ1v) is 10.9. The van der Waals surface area contributed by atoms with Gasteiger partial charge in [-0.2, -0.15) is 5.10 Å². The van der Waals surface area contributed by atoms with E-state index in [-0.39, 0.29) is 46.4 Å². The van der Waals surface area contributed by atoms with E-state index in [2.05, 4.69) is 10.4 Å². The van der Waals surface area contributed by atoms with Crippen molar-refractivity contribution in [1.82, 2.24) is 15.1 Å². The van der Waals surface area contributed by atoms with E-state index < -0.39 is 29.3 Å². The molecule has 2 amide bonds. The summed E-state index contributed by atoms with van der Waals surface area (Å²) in [7, 11) is 0. The molecule has 7 nitrogen and oxygen atoms in total. The number of nitrogens with two attached hydrogens (primary N) is 2. The van der Waals surface area contributed by atoms with Gasteiger partial charge in [-0.15, -0.1) is 0 Å². The van der Waals surface area contributed by atoms with E-state index in [4.69, 9.17) is 11.5 Å². The van der Waals surface area contributed by atoms with Crippen LogP contribution in [0, 0.1) is 24.4 Å². The summed E-state index contributed by atoms with van der Waals surface area (Å²) in [6, 6.07) is 6.25. The van der Waals surface area contributed by atoms with E-state index >= 15 is 4.39 Å². The van der Waals surface area contributed by atoms with E-state index in [9.17, 15) is 18.4 Å². The Morgan fingerprint density at radius 3 is 2.50 bits per heavy atom. The summed E-state index contributed by atoms with van der Waals surface area (Å²) in [5.41, 5.74) is 11.5. The summed E-state index contributed by atoms with van der Waals surface area (Å²) in [6.45, 7) is 1.30. The van der Waals surface area contributed by atoms with Crippen molar-refractivity contribution < 1.29 is 22.8 Å². The molecule has 1 heterocycles. The molecule has 4 rings (SSSR count). The summed E-state index contributed by atoms with van der Waals surface area (Å²) >= 11 is 0. The predicted molar refractivity (Wildman–Crippen MR) is 120 cm³/mol. The zero-order valence-electron chi connectivity index (χ0n) is 18.5. The Morgan fingerprint density at radius 2 is 1.82 bits per heavy atom. The number of amides is 2. The molecule has 1 fully saturated rings. The van der Waals surface area contributed by atoms with Crippen molar-refractivity contribution in [2.75, 3.05) is 5.73 Å². The van der Waals surface area contributed by atoms with E-state index in [1.165, 1.54) is 28.9 Å². The third kappa shape index (κ3) is 4.23. The molecule has 34 heavy (non-hydrogen) atoms. The molecule has 3 aromatic rings. The second-order valence-corrected chi connectivity index (χ2v) is 8.40. The van der Waals surface area contributed by atoms with Crippen molar-refractivity contribution in [2.24, 2.45) is 5.73 Å². The predicted octanol–water partition coefficient (Wildman–Crippen LogP) is 4.00. The minimum absolute atomic E-state index is 0.0241. The van der Waals surface area contributed by atoms with Gasteiger partial charge >= 0.3 is 0 Å². The van der Waals surface area contributed by atoms with Gasteiger partial charge in [0.15, 0.2) is 11.6 Å². The number of hydrogen-bond acceptors (Lipinski definition) is 4. The van der Waals surface area contributed by atoms with Crippen LogP contribution in [-0.4, -0.2) is 21.6 Å². The van der Waals surface area contributed by atoms with E-state index in [1.807, 2.05) is 0 Å². The first kappa shape index (κ1) is 23.3. The Kier molecular flexibility index (Phi) is 6.32. The number of carbonyl (C=O) groups is 2. The lowest BCUT2D eigenvalue weighted by Crippen LogP contribution is -2.24. The van der Waals surface area contributed by atoms with Gasteiger partial charge in [-0.25, -0.2) is 17.9 Å². The van der Waals surface area contributed by atoms with Crippen LogP contribution in [0.5, 0.6) is 0 Å². The molecule has 0 atom stereocenters. The minimum atomic E-state index is -1.24. The highest BCUT2D eigenvalue weighted by Crippen LogP contribution is 2.36. The minimum Gasteiger partial charge on any atom is -0.383 e. The Labute approximate surface area is 193 Å². The highest BCUT2D eigenvalue weighted by molar-refractivity contribution is 6.03. The summed E-state index contributed by atoms with van der Waals surface area (Å²) < 4.78 is 45.0. The third-order valence-corrected chi connectivity index (χ3v) is 6.17. The van der Waals surface area contributed by atoms with Crippen LogP contribution in [0.1, 0.15) is 63.6 Å². The molecule has 1 saturated carbocycles. The Morgan fingerprint density at radius 1 is 1.12 bits per heavy atom. The smallest absolute Gasteiger partial charge is 0.254 e. The number of nitrogen functional groups attached to an aromatic ring is 1. The number of aryl methyl sites for hydroxylation is 1. The monoisotopic (exact) mass is 471 g/mol. The lowest BCUT2D eigenvalue weighted by atomic mass is 10.0. The number of primary amides is 1. The van der Waals surface area contributed by atoms with Crippen LogP contribution in [0.2, 0.25) is 0 Å². The van der Waals surface area contributed by atoms with Gasteiger partial charge in [0.25, 0.3) is 11.8 Å². The zero-order valence-corrected chi connectivity index (χ0v) is 18.5. The highest BCUT2D eigenvalue weighted by atomic mass is 19.2. The van der Waals surface area contributed by atoms with Gasteiger partial charge in [0.2, 0.25) is 0 Å². The van der Waals surface area contributed by atoms with Gasteiger partial charge in [-0.3, -0.25) is 9.59 Å². The van der Waals surface area contributed by atoms with Crippen molar-refractivity contribution in [3.8, 4) is 11.3 Å². The molecule has 178 valence electrons. The normalized spacial score (nSPS) is 13.9. The second kappa shape index (κ2) is 9.20. The Hall–Kier alpha value is -3.82. The first-order chi connectivity index (χ1) is 16.2. The molecule has 2 aromatic carbocycles. The number of hydrogen-bond donors (Lipinski definition) is 3. The number of benzene rings is 2. The van der Waals surface area contributed by atoms with Crippen LogP contribution in [0.3, 0.4) is 0 Å². The molecule has 0 bridgehead atoms. The summed E-state index contributed by atoms with van der Waals surface area (Å²) in [5, 5.41) is 6.79. The first-order valence-electron chi connectivity index (χ1n) is 10.9. The molecule has 1 aliphatic rings. The van der Waals surface area contributed by atoms with Crippen molar-refractivity contribution in [2.45, 2.75) is 45.2 Å². The number of carbonyl (C=O) groups excluding carboxylic acids is 2. The number of aromatic nitrogens is 2. The molecular formula is C24H24F3N5O2. The van der Waals surface area contributed by atoms with E-state index in [0.29, 0.717) is 5.56 Å². The molecule has 1 aromatic heterocycles. The van der Waals surface area contributed by atoms with E-state index in [0.717, 1.165) is 31.7 Å². The Balaban J connectivity index is 1.63. The van der Waals surface area contributed by atoms with Crippen molar-refractivity contribution >= 4 is 17.6 Å². The molecule has 5 N–H and O–H groups in total. The lowest BCUT2D eigenvalue weighted by Gasteiger charge is -2.11. The molecule has 0 aliphatic heterocycles. The fourth-order valence-corrected chi connectivity index (χ4v) is 4.32. The van der Waals surface area contributed by atoms with E-state index in [1.54, 1.807) is 6.92 Å². The van der Waals surface area contributed by atoms with Gasteiger partial charge in [-0.05, 0) is 43.5 Å². The standard InChI is InChI=1S/C24H24F3N5O2/c1-12-6-8-14(25)10-17(12)24(34)30-11-13-7-9-16(20(27)19(13)26)21-18(23(29)33)22(28)32(31-21)15-4-2-3-5-15/h6-10,15H,2-5,11,28H2,1H3,(H2,29,33)(H,30,34). The molecule has 0 spiro atoms. The van der Waals surface area contributed by atoms with Crippen LogP contribution in [-0.2, 0) is 6.54 Å². The quantitative estimate of drug-likeness (QED) is 0.504. The van der Waals surface area contributed by atoms with Gasteiger partial charge in [-0.1, -0.05) is 25.0 Å². The van der Waals surface area contributed by atoms with Crippen LogP contribution in [0.15, 0.2) is 30.3 Å². The van der Waals surface area contributed by atoms with Crippen LogP contribution < -0.4 is 16.8 Å². The van der Waals surface area contributed by atoms with Crippen molar-refractivity contribution in [1.29, 1.82) is 0 Å². The summed E-state index contributed by atoms with van der Waals surface area (Å²) in [5.74, 6) is -4.53. The number of nitrogens with zero attached hydrogens (tertiary/aromatic N) is 2. The van der Waals surface area contributed by atoms with Crippen molar-refractivity contribution in [3.05, 3.63) is 70.0 Å². The van der Waals surface area contributed by atoms with Gasteiger partial charge in [0, 0.05) is 23.2 Å². The maximum Gasteiger partial charge on any atom is 0.254 e. The molecule has 0 saturated heterocycles. The molecular weight excluding hydrogens is 447 g/mol. The van der Waals surface area contributed by atoms with Gasteiger partial charge in [0.05, 0.1) is 6.04 Å². The molecule has 0 radical (unpaired) electrons. The zero-order chi connectivity index (χ0) is 24.6. The number of rotatable bonds is 6. The number of halogens is 3. The van der Waals surface area contributed by atoms with Crippen LogP contribution in [0.25, 0.3) is 11.3 Å². The van der Waals surface area contributed by atoms with Gasteiger partial charge in [0.1, 0.15) is 22.9 Å². The fourth-order valence-electron chi connectivity index (χ4n) is 4.32. The SMILES string of the molecule is Cc1ccc(F)cc1C(=O)NCc1ccc(-c2nn(C3CCCC3)c(N)c2C(N)=O)c(F)c1F. The summed E-state index contributed by atoms with van der Waals surface area (Å²) in [6.07, 6.45) is 3.57. The fraction of sp³-hybridized carbons (Fsp3) is 0.292. The summed E-state index contributed by atoms with van der Waals surface area (Å²) in [4.78, 5) is 24.5. The molecule has 10 heteroatoms. The highest BCUT2D eigenvalue weighted by Gasteiger charge is 2.29. The van der Waals surface area contributed by atoms with Crippen LogP contribution in [0.4, 0.5) is 19.0 Å².